The van der Waals surface area contributed by atoms with Crippen LogP contribution in [0, 0.1) is 11.3 Å². The van der Waals surface area contributed by atoms with E-state index in [0.717, 1.165) is 23.5 Å². The van der Waals surface area contributed by atoms with Gasteiger partial charge in [-0.1, -0.05) is 27.7 Å². The molecule has 0 unspecified atom stereocenters. The van der Waals surface area contributed by atoms with Gasteiger partial charge in [0.2, 0.25) is 0 Å². The van der Waals surface area contributed by atoms with Crippen molar-refractivity contribution in [3.63, 3.8) is 0 Å². The van der Waals surface area contributed by atoms with Gasteiger partial charge in [0, 0.05) is 30.2 Å². The molecule has 0 aliphatic rings. The van der Waals surface area contributed by atoms with E-state index in [-0.39, 0.29) is 5.41 Å². The average Bonchev–Trinajstić information content (AvgIpc) is 2.77. The predicted octanol–water partition coefficient (Wildman–Crippen LogP) is 3.21. The minimum absolute atomic E-state index is 0.201. The number of nitrogens with two attached hydrogens (primary N) is 1. The van der Waals surface area contributed by atoms with Crippen molar-refractivity contribution in [3.8, 4) is 11.3 Å². The van der Waals surface area contributed by atoms with Crippen LogP contribution in [0.25, 0.3) is 11.3 Å². The van der Waals surface area contributed by atoms with Gasteiger partial charge in [-0.3, -0.25) is 4.98 Å². The molecule has 2 aromatic rings. The van der Waals surface area contributed by atoms with Gasteiger partial charge in [0.15, 0.2) is 0 Å². The van der Waals surface area contributed by atoms with Crippen LogP contribution >= 0.6 is 0 Å². The molecule has 2 heterocycles. The van der Waals surface area contributed by atoms with E-state index in [1.54, 1.807) is 12.4 Å². The lowest BCUT2D eigenvalue weighted by molar-refractivity contribution is 0.211. The Morgan fingerprint density at radius 1 is 1.26 bits per heavy atom. The van der Waals surface area contributed by atoms with Crippen molar-refractivity contribution in [1.82, 2.24) is 14.5 Å². The summed E-state index contributed by atoms with van der Waals surface area (Å²) in [5.41, 5.74) is 8.93. The number of anilines is 1. The molecule has 0 fully saturated rings. The third-order valence-electron chi connectivity index (χ3n) is 3.98. The first-order chi connectivity index (χ1) is 8.92. The van der Waals surface area contributed by atoms with Crippen molar-refractivity contribution in [1.29, 1.82) is 0 Å². The highest BCUT2D eigenvalue weighted by atomic mass is 15.1. The summed E-state index contributed by atoms with van der Waals surface area (Å²) >= 11 is 0. The molecule has 0 saturated heterocycles. The van der Waals surface area contributed by atoms with Gasteiger partial charge in [-0.25, -0.2) is 4.98 Å². The van der Waals surface area contributed by atoms with E-state index in [0.29, 0.717) is 5.92 Å². The standard InChI is InChI=1S/C15H22N4/c1-11(2)15(3,4)9-19-10-18-8-14(19)12-7-17-6-5-13(12)16/h5-8,10-11H,9H2,1-4H3,(H2,16,17). The molecule has 2 rings (SSSR count). The summed E-state index contributed by atoms with van der Waals surface area (Å²) in [5, 5.41) is 0. The Morgan fingerprint density at radius 3 is 2.63 bits per heavy atom. The molecule has 0 atom stereocenters. The van der Waals surface area contributed by atoms with Crippen LogP contribution in [-0.4, -0.2) is 14.5 Å². The van der Waals surface area contributed by atoms with Crippen molar-refractivity contribution in [2.45, 2.75) is 34.2 Å². The van der Waals surface area contributed by atoms with E-state index in [1.807, 2.05) is 18.6 Å². The van der Waals surface area contributed by atoms with Gasteiger partial charge in [0.1, 0.15) is 0 Å². The van der Waals surface area contributed by atoms with Crippen molar-refractivity contribution < 1.29 is 0 Å². The molecule has 19 heavy (non-hydrogen) atoms. The number of imidazole rings is 1. The maximum absolute atomic E-state index is 6.02. The van der Waals surface area contributed by atoms with Crippen LogP contribution in [0.15, 0.2) is 31.0 Å². The van der Waals surface area contributed by atoms with Gasteiger partial charge in [0.25, 0.3) is 0 Å². The summed E-state index contributed by atoms with van der Waals surface area (Å²) in [6.07, 6.45) is 7.22. The van der Waals surface area contributed by atoms with Gasteiger partial charge in [-0.2, -0.15) is 0 Å². The molecule has 4 nitrogen and oxygen atoms in total. The SMILES string of the molecule is CC(C)C(C)(C)Cn1cncc1-c1cnccc1N. The Kier molecular flexibility index (Phi) is 3.60. The third kappa shape index (κ3) is 2.78. The molecule has 102 valence electrons. The predicted molar refractivity (Wildman–Crippen MR) is 78.5 cm³/mol. The lowest BCUT2D eigenvalue weighted by Gasteiger charge is -2.30. The summed E-state index contributed by atoms with van der Waals surface area (Å²) < 4.78 is 2.16. The monoisotopic (exact) mass is 258 g/mol. The van der Waals surface area contributed by atoms with Crippen LogP contribution in [-0.2, 0) is 6.54 Å². The Balaban J connectivity index is 2.36. The lowest BCUT2D eigenvalue weighted by atomic mass is 9.81. The molecular weight excluding hydrogens is 236 g/mol. The van der Waals surface area contributed by atoms with Crippen molar-refractivity contribution >= 4 is 5.69 Å². The van der Waals surface area contributed by atoms with E-state index < -0.39 is 0 Å². The number of pyridine rings is 1. The number of rotatable bonds is 4. The zero-order chi connectivity index (χ0) is 14.0. The molecule has 0 bridgehead atoms. The van der Waals surface area contributed by atoms with Gasteiger partial charge >= 0.3 is 0 Å². The fraction of sp³-hybridized carbons (Fsp3) is 0.467. The molecule has 0 aromatic carbocycles. The topological polar surface area (TPSA) is 56.7 Å². The minimum Gasteiger partial charge on any atom is -0.398 e. The van der Waals surface area contributed by atoms with Crippen LogP contribution in [0.1, 0.15) is 27.7 Å². The van der Waals surface area contributed by atoms with Gasteiger partial charge in [-0.15, -0.1) is 0 Å². The Bertz CT molecular complexity index is 555. The largest absolute Gasteiger partial charge is 0.398 e. The van der Waals surface area contributed by atoms with Crippen LogP contribution in [0.5, 0.6) is 0 Å². The zero-order valence-corrected chi connectivity index (χ0v) is 12.1. The molecule has 0 aliphatic heterocycles. The molecule has 2 aromatic heterocycles. The van der Waals surface area contributed by atoms with Gasteiger partial charge < -0.3 is 10.3 Å². The molecule has 0 aliphatic carbocycles. The highest BCUT2D eigenvalue weighted by Crippen LogP contribution is 2.31. The zero-order valence-electron chi connectivity index (χ0n) is 12.1. The molecule has 2 N–H and O–H groups in total. The van der Waals surface area contributed by atoms with Crippen molar-refractivity contribution in [3.05, 3.63) is 31.0 Å². The highest BCUT2D eigenvalue weighted by molar-refractivity contribution is 5.72. The van der Waals surface area contributed by atoms with E-state index in [4.69, 9.17) is 5.73 Å². The maximum atomic E-state index is 6.02. The number of hydrogen-bond donors (Lipinski definition) is 1. The normalized spacial score (nSPS) is 12.1. The van der Waals surface area contributed by atoms with Crippen molar-refractivity contribution in [2.24, 2.45) is 11.3 Å². The fourth-order valence-electron chi connectivity index (χ4n) is 1.91. The molecular formula is C15H22N4. The number of hydrogen-bond acceptors (Lipinski definition) is 3. The first kappa shape index (κ1) is 13.6. The molecule has 0 amide bonds. The highest BCUT2D eigenvalue weighted by Gasteiger charge is 2.24. The summed E-state index contributed by atoms with van der Waals surface area (Å²) in [5.74, 6) is 0.592. The smallest absolute Gasteiger partial charge is 0.0951 e. The van der Waals surface area contributed by atoms with E-state index in [9.17, 15) is 0 Å². The minimum atomic E-state index is 0.201. The molecule has 0 saturated carbocycles. The molecule has 0 spiro atoms. The van der Waals surface area contributed by atoms with Gasteiger partial charge in [-0.05, 0) is 17.4 Å². The van der Waals surface area contributed by atoms with Crippen LogP contribution in [0.3, 0.4) is 0 Å². The number of nitrogens with zero attached hydrogens (tertiary/aromatic N) is 3. The average molecular weight is 258 g/mol. The number of aromatic nitrogens is 3. The van der Waals surface area contributed by atoms with Crippen LogP contribution in [0.2, 0.25) is 0 Å². The Hall–Kier alpha value is -1.84. The first-order valence-corrected chi connectivity index (χ1v) is 6.62. The van der Waals surface area contributed by atoms with E-state index >= 15 is 0 Å². The van der Waals surface area contributed by atoms with E-state index in [1.165, 1.54) is 0 Å². The van der Waals surface area contributed by atoms with Crippen LogP contribution < -0.4 is 5.73 Å². The summed E-state index contributed by atoms with van der Waals surface area (Å²) in [4.78, 5) is 8.42. The Morgan fingerprint density at radius 2 is 2.00 bits per heavy atom. The lowest BCUT2D eigenvalue weighted by Crippen LogP contribution is -2.25. The second kappa shape index (κ2) is 5.03. The second-order valence-electron chi connectivity index (χ2n) is 6.01. The molecule has 0 radical (unpaired) electrons. The number of nitrogen functional groups attached to an aromatic ring is 1. The molecule has 4 heteroatoms. The summed E-state index contributed by atoms with van der Waals surface area (Å²) in [6, 6.07) is 1.82. The van der Waals surface area contributed by atoms with Gasteiger partial charge in [0.05, 0.1) is 18.2 Å². The fourth-order valence-corrected chi connectivity index (χ4v) is 1.91. The van der Waals surface area contributed by atoms with Crippen LogP contribution in [0.4, 0.5) is 5.69 Å². The quantitative estimate of drug-likeness (QED) is 0.916. The van der Waals surface area contributed by atoms with E-state index in [2.05, 4.69) is 42.2 Å². The van der Waals surface area contributed by atoms with Crippen molar-refractivity contribution in [2.75, 3.05) is 5.73 Å². The maximum Gasteiger partial charge on any atom is 0.0951 e. The second-order valence-corrected chi connectivity index (χ2v) is 6.01. The Labute approximate surface area is 114 Å². The third-order valence-corrected chi connectivity index (χ3v) is 3.98. The first-order valence-electron chi connectivity index (χ1n) is 6.62. The summed E-state index contributed by atoms with van der Waals surface area (Å²) in [7, 11) is 0. The summed E-state index contributed by atoms with van der Waals surface area (Å²) in [6.45, 7) is 9.94.